The van der Waals surface area contributed by atoms with Crippen LogP contribution < -0.4 is 40.6 Å². The van der Waals surface area contributed by atoms with Crippen molar-refractivity contribution < 1.29 is 29.6 Å². The van der Waals surface area contributed by atoms with E-state index in [4.69, 9.17) is 10.7 Å². The summed E-state index contributed by atoms with van der Waals surface area (Å²) in [6.45, 7) is 0. The van der Waals surface area contributed by atoms with Crippen LogP contribution in [0.1, 0.15) is 17.3 Å². The Morgan fingerprint density at radius 2 is 1.45 bits per heavy atom. The first-order valence-electron chi connectivity index (χ1n) is 12.5. The normalized spacial score (nSPS) is 11.7. The Bertz CT molecular complexity index is 1640. The zero-order valence-corrected chi connectivity index (χ0v) is 25.1. The minimum absolute atomic E-state index is 0. The molecule has 5 aromatic carbocycles. The first kappa shape index (κ1) is 29.4. The summed E-state index contributed by atoms with van der Waals surface area (Å²) < 4.78 is 1.18. The quantitative estimate of drug-likeness (QED) is 0.138. The van der Waals surface area contributed by atoms with Crippen LogP contribution in [0.4, 0.5) is 0 Å². The fraction of sp³-hybridized carbons (Fsp3) is 0.0294. The third kappa shape index (κ3) is 7.33. The van der Waals surface area contributed by atoms with E-state index >= 15 is 0 Å². The zero-order valence-electron chi connectivity index (χ0n) is 22.3. The minimum atomic E-state index is -0.230. The number of thiazole rings is 1. The second-order valence-corrected chi connectivity index (χ2v) is 9.66. The van der Waals surface area contributed by atoms with Crippen molar-refractivity contribution in [3.05, 3.63) is 158 Å². The van der Waals surface area contributed by atoms with Gasteiger partial charge in [-0.3, -0.25) is 12.0 Å². The molecule has 1 heterocycles. The number of hydrogen-bond acceptors (Lipinski definition) is 4. The van der Waals surface area contributed by atoms with Gasteiger partial charge < -0.3 is 11.1 Å². The molecule has 0 saturated heterocycles. The van der Waals surface area contributed by atoms with Gasteiger partial charge in [-0.1, -0.05) is 91.0 Å². The van der Waals surface area contributed by atoms with Gasteiger partial charge in [-0.25, -0.2) is 10.6 Å². The molecule has 6 rings (SSSR count). The van der Waals surface area contributed by atoms with Crippen molar-refractivity contribution in [2.45, 2.75) is 6.17 Å². The van der Waals surface area contributed by atoms with Crippen molar-refractivity contribution in [3.63, 3.8) is 0 Å². The third-order valence-corrected chi connectivity index (χ3v) is 7.07. The summed E-state index contributed by atoms with van der Waals surface area (Å²) in [6, 6.07) is 48.4. The van der Waals surface area contributed by atoms with Gasteiger partial charge in [-0.15, -0.1) is 23.5 Å². The standard InChI is InChI=1S/C19H11NS.C15H16N3.Na/c1-3-8-14(9-4-1)16-12-7-13-17-18(16)20-19(21-17)15-10-5-2-6-11-15;1-17-15(13-10-6-3-7-11-13)18-14(16)12-8-4-2-5-9-12;/h1-8,10-11,13H;2-11,15,17H,1H2,(H2,16,18);/q-2;-1;+1. The van der Waals surface area contributed by atoms with E-state index in [0.717, 1.165) is 38.3 Å². The second kappa shape index (κ2) is 14.7. The van der Waals surface area contributed by atoms with Crippen molar-refractivity contribution in [1.82, 2.24) is 10.3 Å². The molecule has 192 valence electrons. The molecule has 40 heavy (non-hydrogen) atoms. The van der Waals surface area contributed by atoms with E-state index < -0.39 is 0 Å². The molecule has 0 radical (unpaired) electrons. The number of aliphatic imine (C=N–C) groups is 1. The summed E-state index contributed by atoms with van der Waals surface area (Å²) in [7, 11) is 3.70. The molecule has 0 bridgehead atoms. The van der Waals surface area contributed by atoms with Gasteiger partial charge in [-0.2, -0.15) is 42.0 Å². The zero-order chi connectivity index (χ0) is 26.9. The van der Waals surface area contributed by atoms with Gasteiger partial charge in [0.1, 0.15) is 17.0 Å². The Balaban J connectivity index is 0.000000183. The molecule has 0 aliphatic heterocycles. The van der Waals surface area contributed by atoms with Crippen LogP contribution in [0.5, 0.6) is 0 Å². The van der Waals surface area contributed by atoms with Crippen LogP contribution in [0, 0.1) is 19.2 Å². The van der Waals surface area contributed by atoms with Crippen molar-refractivity contribution in [1.29, 1.82) is 0 Å². The number of amidine groups is 1. The van der Waals surface area contributed by atoms with Gasteiger partial charge in [0.2, 0.25) is 0 Å². The molecule has 4 nitrogen and oxygen atoms in total. The predicted molar refractivity (Wildman–Crippen MR) is 163 cm³/mol. The third-order valence-electron chi connectivity index (χ3n) is 6.00. The van der Waals surface area contributed by atoms with E-state index in [-0.39, 0.29) is 35.7 Å². The van der Waals surface area contributed by atoms with Crippen LogP contribution in [0.25, 0.3) is 31.9 Å². The van der Waals surface area contributed by atoms with E-state index in [1.54, 1.807) is 11.3 Å². The van der Waals surface area contributed by atoms with Crippen LogP contribution in [0.3, 0.4) is 0 Å². The Morgan fingerprint density at radius 1 is 0.800 bits per heavy atom. The Morgan fingerprint density at radius 3 is 2.10 bits per heavy atom. The maximum absolute atomic E-state index is 5.99. The van der Waals surface area contributed by atoms with Crippen LogP contribution in [-0.2, 0) is 0 Å². The summed E-state index contributed by atoms with van der Waals surface area (Å²) in [6.07, 6.45) is -0.230. The van der Waals surface area contributed by atoms with Crippen LogP contribution in [0.15, 0.2) is 132 Å². The van der Waals surface area contributed by atoms with Crippen LogP contribution >= 0.6 is 11.3 Å². The Labute approximate surface area is 262 Å². The van der Waals surface area contributed by atoms with E-state index in [2.05, 4.69) is 47.7 Å². The van der Waals surface area contributed by atoms with Crippen molar-refractivity contribution in [3.8, 4) is 21.7 Å². The average molecular weight is 547 g/mol. The van der Waals surface area contributed by atoms with E-state index in [9.17, 15) is 0 Å². The smallest absolute Gasteiger partial charge is 0.448 e. The van der Waals surface area contributed by atoms with Gasteiger partial charge in [0, 0.05) is 11.1 Å². The van der Waals surface area contributed by atoms with E-state index in [1.807, 2.05) is 109 Å². The van der Waals surface area contributed by atoms with Gasteiger partial charge in [-0.05, 0) is 15.8 Å². The number of benzene rings is 5. The summed E-state index contributed by atoms with van der Waals surface area (Å²) in [5.41, 5.74) is 12.1. The molecule has 3 N–H and O–H groups in total. The first-order chi connectivity index (χ1) is 19.2. The van der Waals surface area contributed by atoms with Gasteiger partial charge >= 0.3 is 29.6 Å². The molecule has 1 aromatic heterocycles. The van der Waals surface area contributed by atoms with Crippen LogP contribution in [-0.4, -0.2) is 10.8 Å². The van der Waals surface area contributed by atoms with Crippen molar-refractivity contribution in [2.75, 3.05) is 0 Å². The van der Waals surface area contributed by atoms with Crippen molar-refractivity contribution in [2.24, 2.45) is 10.7 Å². The maximum atomic E-state index is 5.99. The molecular weight excluding hydrogens is 519 g/mol. The number of fused-ring (bicyclic) bond motifs is 1. The number of rotatable bonds is 6. The fourth-order valence-corrected chi connectivity index (χ4v) is 5.03. The number of nitrogens with two attached hydrogens (primary N) is 1. The topological polar surface area (TPSA) is 63.3 Å². The van der Waals surface area contributed by atoms with Crippen molar-refractivity contribution >= 4 is 27.4 Å². The Hall–Kier alpha value is -3.58. The Kier molecular flexibility index (Phi) is 10.8. The van der Waals surface area contributed by atoms with Gasteiger partial charge in [0.15, 0.2) is 0 Å². The molecule has 0 aliphatic rings. The number of hydrogen-bond donors (Lipinski definition) is 2. The SMILES string of the molecule is [CH2-]NC(/N=C(\N)c1ccccc1)c1ccccc1.[Na+].[c-]1ccccc1-c1[c-]ccc2sc(-c3ccccc3)nc12. The predicted octanol–water partition coefficient (Wildman–Crippen LogP) is 4.71. The molecule has 1 atom stereocenters. The van der Waals surface area contributed by atoms with Crippen LogP contribution in [0.2, 0.25) is 0 Å². The molecule has 0 saturated carbocycles. The molecule has 1 unspecified atom stereocenters. The fourth-order valence-electron chi connectivity index (χ4n) is 4.05. The van der Waals surface area contributed by atoms with E-state index in [0.29, 0.717) is 5.84 Å². The summed E-state index contributed by atoms with van der Waals surface area (Å²) in [5, 5.41) is 3.95. The summed E-state index contributed by atoms with van der Waals surface area (Å²) >= 11 is 1.71. The molecule has 0 fully saturated rings. The minimum Gasteiger partial charge on any atom is -0.448 e. The summed E-state index contributed by atoms with van der Waals surface area (Å²) in [4.78, 5) is 9.28. The monoisotopic (exact) mass is 546 g/mol. The second-order valence-electron chi connectivity index (χ2n) is 8.62. The maximum Gasteiger partial charge on any atom is 1.00 e. The van der Waals surface area contributed by atoms with E-state index in [1.165, 1.54) is 4.70 Å². The first-order valence-corrected chi connectivity index (χ1v) is 13.3. The summed E-state index contributed by atoms with van der Waals surface area (Å²) in [5.74, 6) is 0.501. The molecular formula is C34H27N4NaS-2. The number of nitrogens with one attached hydrogen (secondary N) is 1. The molecule has 6 heteroatoms. The molecule has 0 amide bonds. The average Bonchev–Trinajstić information content (AvgIpc) is 3.47. The molecule has 0 aliphatic carbocycles. The largest absolute Gasteiger partial charge is 1.00 e. The molecule has 6 aromatic rings. The number of aromatic nitrogens is 1. The van der Waals surface area contributed by atoms with Gasteiger partial charge in [0.05, 0.1) is 0 Å². The van der Waals surface area contributed by atoms with Gasteiger partial charge in [0.25, 0.3) is 0 Å². The molecule has 0 spiro atoms. The number of nitrogens with zero attached hydrogens (tertiary/aromatic N) is 2.